The van der Waals surface area contributed by atoms with Gasteiger partial charge in [0.25, 0.3) is 0 Å². The lowest BCUT2D eigenvalue weighted by atomic mass is 10.1. The second-order valence-electron chi connectivity index (χ2n) is 4.63. The molecular weight excluding hydrogens is 303 g/mol. The second kappa shape index (κ2) is 6.61. The van der Waals surface area contributed by atoms with E-state index in [0.29, 0.717) is 0 Å². The Bertz CT molecular complexity index is 623. The predicted molar refractivity (Wildman–Crippen MR) is 80.5 cm³/mol. The van der Waals surface area contributed by atoms with Crippen LogP contribution in [-0.4, -0.2) is 40.3 Å². The molecule has 1 aromatic carbocycles. The number of halogens is 1. The van der Waals surface area contributed by atoms with Crippen LogP contribution in [0.5, 0.6) is 5.75 Å². The molecule has 0 unspecified atom stereocenters. The highest BCUT2D eigenvalue weighted by Crippen LogP contribution is 2.41. The van der Waals surface area contributed by atoms with Crippen LogP contribution in [0.15, 0.2) is 24.4 Å². The maximum atomic E-state index is 11.0. The van der Waals surface area contributed by atoms with Gasteiger partial charge >= 0.3 is 7.82 Å². The van der Waals surface area contributed by atoms with Crippen LogP contribution in [0.25, 0.3) is 10.9 Å². The Morgan fingerprint density at radius 1 is 1.35 bits per heavy atom. The van der Waals surface area contributed by atoms with Gasteiger partial charge in [-0.3, -0.25) is 9.79 Å². The number of likely N-dealkylation sites (N-methyl/N-ethyl adjacent to an activating group) is 1. The molecule has 0 bridgehead atoms. The monoisotopic (exact) mass is 320 g/mol. The zero-order chi connectivity index (χ0) is 14.0. The molecule has 2 rings (SSSR count). The Hall–Kier alpha value is -1.04. The number of rotatable bonds is 5. The highest BCUT2D eigenvalue weighted by atomic mass is 35.5. The molecule has 0 aliphatic carbocycles. The van der Waals surface area contributed by atoms with E-state index < -0.39 is 7.82 Å². The fourth-order valence-electron chi connectivity index (χ4n) is 1.97. The molecule has 0 aliphatic rings. The maximum Gasteiger partial charge on any atom is 0.524 e. The van der Waals surface area contributed by atoms with E-state index in [9.17, 15) is 4.57 Å². The topological polar surface area (TPSA) is 85.8 Å². The van der Waals surface area contributed by atoms with Gasteiger partial charge in [0.2, 0.25) is 0 Å². The highest BCUT2D eigenvalue weighted by molar-refractivity contribution is 7.46. The van der Waals surface area contributed by atoms with Gasteiger partial charge in [-0.2, -0.15) is 0 Å². The number of nitrogens with one attached hydrogen (secondary N) is 1. The minimum Gasteiger partial charge on any atom is -0.404 e. The number of H-pyrrole nitrogens is 1. The summed E-state index contributed by atoms with van der Waals surface area (Å²) in [6, 6.07) is 5.11. The van der Waals surface area contributed by atoms with E-state index in [2.05, 4.69) is 4.98 Å². The highest BCUT2D eigenvalue weighted by Gasteiger charge is 2.19. The second-order valence-corrected chi connectivity index (χ2v) is 5.79. The predicted octanol–water partition coefficient (Wildman–Crippen LogP) is 2.17. The molecule has 0 fully saturated rings. The molecule has 1 heterocycles. The summed E-state index contributed by atoms with van der Waals surface area (Å²) in [5.41, 5.74) is 1.78. The van der Waals surface area contributed by atoms with Crippen LogP contribution in [0.4, 0.5) is 0 Å². The summed E-state index contributed by atoms with van der Waals surface area (Å²) in [5, 5.41) is 0.729. The average molecular weight is 321 g/mol. The molecule has 0 atom stereocenters. The number of aromatic amines is 1. The molecule has 3 N–H and O–H groups in total. The molecule has 0 saturated carbocycles. The zero-order valence-corrected chi connectivity index (χ0v) is 12.9. The Morgan fingerprint density at radius 2 is 2.05 bits per heavy atom. The molecule has 2 aromatic rings. The third-order valence-electron chi connectivity index (χ3n) is 2.79. The number of hydrogen-bond acceptors (Lipinski definition) is 3. The van der Waals surface area contributed by atoms with Crippen LogP contribution in [0.3, 0.4) is 0 Å². The van der Waals surface area contributed by atoms with Crippen molar-refractivity contribution in [1.29, 1.82) is 0 Å². The largest absolute Gasteiger partial charge is 0.524 e. The number of benzene rings is 1. The summed E-state index contributed by atoms with van der Waals surface area (Å²) in [4.78, 5) is 23.0. The van der Waals surface area contributed by atoms with E-state index in [0.717, 1.165) is 29.4 Å². The molecule has 8 heteroatoms. The summed E-state index contributed by atoms with van der Waals surface area (Å²) >= 11 is 0. The van der Waals surface area contributed by atoms with Crippen molar-refractivity contribution in [3.05, 3.63) is 30.0 Å². The minimum absolute atomic E-state index is 0. The first-order valence-corrected chi connectivity index (χ1v) is 7.39. The first kappa shape index (κ1) is 17.0. The molecular formula is C12H18ClN2O4P. The average Bonchev–Trinajstić information content (AvgIpc) is 2.68. The quantitative estimate of drug-likeness (QED) is 0.735. The Kier molecular flexibility index (Phi) is 5.62. The van der Waals surface area contributed by atoms with Gasteiger partial charge in [-0.05, 0) is 38.2 Å². The van der Waals surface area contributed by atoms with E-state index in [1.165, 1.54) is 0 Å². The summed E-state index contributed by atoms with van der Waals surface area (Å²) < 4.78 is 15.8. The molecule has 1 aromatic heterocycles. The number of phosphoric acid groups is 1. The van der Waals surface area contributed by atoms with E-state index in [1.54, 1.807) is 12.1 Å². The summed E-state index contributed by atoms with van der Waals surface area (Å²) in [6.45, 7) is 0.844. The zero-order valence-electron chi connectivity index (χ0n) is 11.2. The van der Waals surface area contributed by atoms with Crippen molar-refractivity contribution in [3.8, 4) is 5.75 Å². The summed E-state index contributed by atoms with van der Waals surface area (Å²) in [7, 11) is -0.602. The van der Waals surface area contributed by atoms with E-state index in [1.807, 2.05) is 31.3 Å². The SMILES string of the molecule is CN(C)CCc1c[nH]c2cccc(OP(=O)(O)O)c12.Cl. The van der Waals surface area contributed by atoms with Crippen molar-refractivity contribution in [2.24, 2.45) is 0 Å². The Labute approximate surface area is 123 Å². The van der Waals surface area contributed by atoms with Crippen molar-refractivity contribution >= 4 is 31.1 Å². The van der Waals surface area contributed by atoms with Gasteiger partial charge in [0.15, 0.2) is 0 Å². The normalized spacial score (nSPS) is 11.7. The fourth-order valence-corrected chi connectivity index (χ4v) is 2.37. The van der Waals surface area contributed by atoms with Gasteiger partial charge in [-0.25, -0.2) is 4.57 Å². The number of hydrogen-bond donors (Lipinski definition) is 3. The Balaban J connectivity index is 0.00000200. The van der Waals surface area contributed by atoms with Gasteiger partial charge < -0.3 is 14.4 Å². The van der Waals surface area contributed by atoms with Gasteiger partial charge in [0.05, 0.1) is 0 Å². The van der Waals surface area contributed by atoms with Crippen LogP contribution in [0.1, 0.15) is 5.56 Å². The van der Waals surface area contributed by atoms with Crippen molar-refractivity contribution in [3.63, 3.8) is 0 Å². The lowest BCUT2D eigenvalue weighted by molar-refractivity contribution is 0.284. The van der Waals surface area contributed by atoms with Gasteiger partial charge in [0, 0.05) is 23.6 Å². The van der Waals surface area contributed by atoms with Crippen LogP contribution in [-0.2, 0) is 11.0 Å². The van der Waals surface area contributed by atoms with Crippen LogP contribution < -0.4 is 4.52 Å². The molecule has 0 spiro atoms. The molecule has 112 valence electrons. The standard InChI is InChI=1S/C12H17N2O4P.ClH/c1-14(2)7-6-9-8-13-10-4-3-5-11(12(9)10)18-19(15,16)17;/h3-5,8,13H,6-7H2,1-2H3,(H2,15,16,17);1H. The van der Waals surface area contributed by atoms with Crippen LogP contribution in [0, 0.1) is 0 Å². The van der Waals surface area contributed by atoms with Crippen LogP contribution in [0.2, 0.25) is 0 Å². The van der Waals surface area contributed by atoms with E-state index in [4.69, 9.17) is 14.3 Å². The molecule has 0 saturated heterocycles. The van der Waals surface area contributed by atoms with Crippen molar-refractivity contribution < 1.29 is 18.9 Å². The molecule has 6 nitrogen and oxygen atoms in total. The Morgan fingerprint density at radius 3 is 2.65 bits per heavy atom. The number of aromatic nitrogens is 1. The number of fused-ring (bicyclic) bond motifs is 1. The molecule has 0 aliphatic heterocycles. The first-order chi connectivity index (χ1) is 8.87. The third-order valence-corrected chi connectivity index (χ3v) is 3.23. The van der Waals surface area contributed by atoms with E-state index in [-0.39, 0.29) is 18.2 Å². The smallest absolute Gasteiger partial charge is 0.404 e. The van der Waals surface area contributed by atoms with Crippen LogP contribution >= 0.6 is 20.2 Å². The lowest BCUT2D eigenvalue weighted by Gasteiger charge is -2.11. The lowest BCUT2D eigenvalue weighted by Crippen LogP contribution is -2.14. The summed E-state index contributed by atoms with van der Waals surface area (Å²) in [6.07, 6.45) is 2.62. The first-order valence-electron chi connectivity index (χ1n) is 5.85. The van der Waals surface area contributed by atoms with Gasteiger partial charge in [0.1, 0.15) is 5.75 Å². The molecule has 20 heavy (non-hydrogen) atoms. The van der Waals surface area contributed by atoms with Gasteiger partial charge in [-0.15, -0.1) is 12.4 Å². The fraction of sp³-hybridized carbons (Fsp3) is 0.333. The summed E-state index contributed by atoms with van der Waals surface area (Å²) in [5.74, 6) is 0.209. The molecule has 0 radical (unpaired) electrons. The van der Waals surface area contributed by atoms with Crippen molar-refractivity contribution in [2.75, 3.05) is 20.6 Å². The maximum absolute atomic E-state index is 11.0. The van der Waals surface area contributed by atoms with Gasteiger partial charge in [-0.1, -0.05) is 6.07 Å². The molecule has 0 amide bonds. The number of phosphoric ester groups is 1. The minimum atomic E-state index is -4.55. The van der Waals surface area contributed by atoms with E-state index >= 15 is 0 Å². The van der Waals surface area contributed by atoms with Crippen molar-refractivity contribution in [2.45, 2.75) is 6.42 Å². The van der Waals surface area contributed by atoms with Crippen molar-refractivity contribution in [1.82, 2.24) is 9.88 Å². The number of nitrogens with zero attached hydrogens (tertiary/aromatic N) is 1. The third kappa shape index (κ3) is 4.23.